The zero-order valence-corrected chi connectivity index (χ0v) is 14.9. The van der Waals surface area contributed by atoms with E-state index < -0.39 is 6.09 Å². The monoisotopic (exact) mass is 340 g/mol. The van der Waals surface area contributed by atoms with E-state index in [0.717, 1.165) is 29.8 Å². The molecule has 2 aliphatic rings. The smallest absolute Gasteiger partial charge is 0.407 e. The van der Waals surface area contributed by atoms with E-state index in [1.807, 2.05) is 24.3 Å². The maximum absolute atomic E-state index is 11.6. The lowest BCUT2D eigenvalue weighted by atomic mass is 9.54. The molecule has 0 aliphatic carbocycles. The summed E-state index contributed by atoms with van der Waals surface area (Å²) < 4.78 is 0. The van der Waals surface area contributed by atoms with Crippen LogP contribution in [-0.2, 0) is 0 Å². The Morgan fingerprint density at radius 3 is 2.68 bits per heavy atom. The zero-order chi connectivity index (χ0) is 17.8. The summed E-state index contributed by atoms with van der Waals surface area (Å²) in [6.45, 7) is 8.87. The van der Waals surface area contributed by atoms with Crippen molar-refractivity contribution in [3.05, 3.63) is 30.5 Å². The van der Waals surface area contributed by atoms with E-state index >= 15 is 0 Å². The molecule has 1 aromatic heterocycles. The molecular weight excluding hydrogens is 316 g/mol. The summed E-state index contributed by atoms with van der Waals surface area (Å²) >= 11 is 0. The average molecular weight is 340 g/mol. The predicted octanol–water partition coefficient (Wildman–Crippen LogP) is 3.23. The van der Waals surface area contributed by atoms with Crippen molar-refractivity contribution in [2.75, 3.05) is 24.5 Å². The number of amides is 1. The van der Waals surface area contributed by atoms with Crippen molar-refractivity contribution in [1.82, 2.24) is 14.9 Å². The molecule has 3 heterocycles. The van der Waals surface area contributed by atoms with Crippen LogP contribution in [0.25, 0.3) is 11.0 Å². The van der Waals surface area contributed by atoms with Crippen molar-refractivity contribution >= 4 is 22.9 Å². The number of hydrogen-bond acceptors (Lipinski definition) is 4. The molecule has 0 radical (unpaired) electrons. The second-order valence-corrected chi connectivity index (χ2v) is 8.25. The van der Waals surface area contributed by atoms with Crippen molar-refractivity contribution in [3.8, 4) is 0 Å². The fraction of sp³-hybridized carbons (Fsp3) is 0.526. The van der Waals surface area contributed by atoms with Gasteiger partial charge in [-0.2, -0.15) is 0 Å². The van der Waals surface area contributed by atoms with Crippen LogP contribution in [-0.4, -0.2) is 51.7 Å². The SMILES string of the molecule is CC(C)(C)C12CCN(c3cnc4ccccc4n3)C[C@H]1N(C(=O)O)C2. The zero-order valence-electron chi connectivity index (χ0n) is 14.9. The molecule has 2 atom stereocenters. The fourth-order valence-electron chi connectivity index (χ4n) is 4.48. The Hall–Kier alpha value is -2.37. The summed E-state index contributed by atoms with van der Waals surface area (Å²) in [6.07, 6.45) is 1.95. The van der Waals surface area contributed by atoms with Crippen molar-refractivity contribution in [3.63, 3.8) is 0 Å². The molecule has 132 valence electrons. The quantitative estimate of drug-likeness (QED) is 0.863. The van der Waals surface area contributed by atoms with Crippen LogP contribution in [0.15, 0.2) is 30.5 Å². The number of fused-ring (bicyclic) bond motifs is 2. The molecule has 6 heteroatoms. The highest BCUT2D eigenvalue weighted by molar-refractivity contribution is 5.75. The summed E-state index contributed by atoms with van der Waals surface area (Å²) in [5.41, 5.74) is 1.87. The van der Waals surface area contributed by atoms with Crippen molar-refractivity contribution in [1.29, 1.82) is 0 Å². The molecule has 2 aliphatic heterocycles. The topological polar surface area (TPSA) is 69.6 Å². The summed E-state index contributed by atoms with van der Waals surface area (Å²) in [7, 11) is 0. The second kappa shape index (κ2) is 5.31. The van der Waals surface area contributed by atoms with E-state index in [0.29, 0.717) is 13.1 Å². The molecule has 0 saturated carbocycles. The Morgan fingerprint density at radius 1 is 1.28 bits per heavy atom. The Morgan fingerprint density at radius 2 is 2.00 bits per heavy atom. The summed E-state index contributed by atoms with van der Waals surface area (Å²) in [5, 5.41) is 9.53. The van der Waals surface area contributed by atoms with E-state index in [4.69, 9.17) is 4.98 Å². The molecule has 2 saturated heterocycles. The molecular formula is C19H24N4O2. The van der Waals surface area contributed by atoms with Gasteiger partial charge in [-0.3, -0.25) is 4.98 Å². The maximum atomic E-state index is 11.6. The first kappa shape index (κ1) is 16.1. The molecule has 6 nitrogen and oxygen atoms in total. The largest absolute Gasteiger partial charge is 0.465 e. The number of anilines is 1. The Kier molecular flexibility index (Phi) is 3.42. The highest BCUT2D eigenvalue weighted by atomic mass is 16.4. The van der Waals surface area contributed by atoms with Gasteiger partial charge in [-0.05, 0) is 24.0 Å². The molecule has 4 rings (SSSR count). The van der Waals surface area contributed by atoms with Crippen LogP contribution in [0.3, 0.4) is 0 Å². The molecule has 25 heavy (non-hydrogen) atoms. The van der Waals surface area contributed by atoms with E-state index in [9.17, 15) is 9.90 Å². The van der Waals surface area contributed by atoms with Crippen molar-refractivity contribution in [2.45, 2.75) is 33.2 Å². The molecule has 0 spiro atoms. The third kappa shape index (κ3) is 2.34. The number of carboxylic acid groups (broad SMARTS) is 1. The summed E-state index contributed by atoms with van der Waals surface area (Å²) in [4.78, 5) is 24.6. The predicted molar refractivity (Wildman–Crippen MR) is 96.8 cm³/mol. The van der Waals surface area contributed by atoms with Gasteiger partial charge in [0.25, 0.3) is 0 Å². The van der Waals surface area contributed by atoms with Crippen LogP contribution in [0.5, 0.6) is 0 Å². The van der Waals surface area contributed by atoms with Gasteiger partial charge < -0.3 is 14.9 Å². The lowest BCUT2D eigenvalue weighted by molar-refractivity contribution is -0.134. The van der Waals surface area contributed by atoms with Gasteiger partial charge in [-0.25, -0.2) is 9.78 Å². The normalized spacial score (nSPS) is 26.3. The first-order chi connectivity index (χ1) is 11.8. The molecule has 2 fully saturated rings. The molecule has 1 unspecified atom stereocenters. The average Bonchev–Trinajstić information content (AvgIpc) is 2.54. The first-order valence-corrected chi connectivity index (χ1v) is 8.78. The minimum absolute atomic E-state index is 0.00650. The molecule has 1 amide bonds. The number of likely N-dealkylation sites (tertiary alicyclic amines) is 1. The van der Waals surface area contributed by atoms with Crippen LogP contribution < -0.4 is 4.90 Å². The summed E-state index contributed by atoms with van der Waals surface area (Å²) in [6, 6.07) is 7.83. The lowest BCUT2D eigenvalue weighted by Crippen LogP contribution is -2.76. The fourth-order valence-corrected chi connectivity index (χ4v) is 4.48. The molecule has 1 aromatic carbocycles. The molecule has 1 N–H and O–H groups in total. The number of carbonyl (C=O) groups is 1. The second-order valence-electron chi connectivity index (χ2n) is 8.25. The van der Waals surface area contributed by atoms with Gasteiger partial charge >= 0.3 is 6.09 Å². The van der Waals surface area contributed by atoms with Gasteiger partial charge in [-0.15, -0.1) is 0 Å². The Balaban J connectivity index is 1.64. The maximum Gasteiger partial charge on any atom is 0.407 e. The van der Waals surface area contributed by atoms with E-state index in [1.165, 1.54) is 0 Å². The number of para-hydroxylation sites is 2. The minimum Gasteiger partial charge on any atom is -0.465 e. The highest BCUT2D eigenvalue weighted by Crippen LogP contribution is 2.55. The van der Waals surface area contributed by atoms with Crippen molar-refractivity contribution < 1.29 is 9.90 Å². The van der Waals surface area contributed by atoms with Crippen LogP contribution in [0.4, 0.5) is 10.6 Å². The number of aromatic nitrogens is 2. The van der Waals surface area contributed by atoms with Crippen LogP contribution in [0.1, 0.15) is 27.2 Å². The van der Waals surface area contributed by atoms with Crippen molar-refractivity contribution in [2.24, 2.45) is 10.8 Å². The number of rotatable bonds is 1. The first-order valence-electron chi connectivity index (χ1n) is 8.78. The highest BCUT2D eigenvalue weighted by Gasteiger charge is 2.62. The van der Waals surface area contributed by atoms with Gasteiger partial charge in [0, 0.05) is 25.0 Å². The van der Waals surface area contributed by atoms with Crippen LogP contribution in [0, 0.1) is 10.8 Å². The molecule has 0 bridgehead atoms. The summed E-state index contributed by atoms with van der Waals surface area (Å²) in [5.74, 6) is 0.832. The minimum atomic E-state index is -0.823. The van der Waals surface area contributed by atoms with E-state index in [-0.39, 0.29) is 16.9 Å². The third-order valence-corrected chi connectivity index (χ3v) is 6.19. The standard InChI is InChI=1S/C19H24N4O2/c1-18(2,3)19-8-9-22(11-15(19)23(12-19)17(24)25)16-10-20-13-6-4-5-7-14(13)21-16/h4-7,10,15H,8-9,11-12H2,1-3H3,(H,24,25)/t15-,19?/m1/s1. The van der Waals surface area contributed by atoms with Gasteiger partial charge in [-0.1, -0.05) is 32.9 Å². The van der Waals surface area contributed by atoms with Crippen LogP contribution in [0.2, 0.25) is 0 Å². The Bertz CT molecular complexity index is 832. The van der Waals surface area contributed by atoms with Gasteiger partial charge in [0.2, 0.25) is 0 Å². The number of benzene rings is 1. The van der Waals surface area contributed by atoms with E-state index in [2.05, 4.69) is 30.7 Å². The third-order valence-electron chi connectivity index (χ3n) is 6.19. The Labute approximate surface area is 147 Å². The number of nitrogens with zero attached hydrogens (tertiary/aromatic N) is 4. The van der Waals surface area contributed by atoms with Crippen LogP contribution >= 0.6 is 0 Å². The number of hydrogen-bond donors (Lipinski definition) is 1. The van der Waals surface area contributed by atoms with E-state index in [1.54, 1.807) is 11.1 Å². The van der Waals surface area contributed by atoms with Gasteiger partial charge in [0.1, 0.15) is 5.82 Å². The van der Waals surface area contributed by atoms with Gasteiger partial charge in [0.15, 0.2) is 0 Å². The number of piperidine rings is 1. The molecule has 2 aromatic rings. The lowest BCUT2D eigenvalue weighted by Gasteiger charge is -2.66. The van der Waals surface area contributed by atoms with Gasteiger partial charge in [0.05, 0.1) is 23.3 Å².